The third-order valence-corrected chi connectivity index (χ3v) is 3.26. The Balaban J connectivity index is 2.05. The average Bonchev–Trinajstić information content (AvgIpc) is 2.75. The molecule has 2 aromatic rings. The van der Waals surface area contributed by atoms with E-state index >= 15 is 0 Å². The number of aromatic hydroxyl groups is 3. The first kappa shape index (κ1) is 14.5. The number of carbonyl (C=O) groups excluding carboxylic acids is 1. The lowest BCUT2D eigenvalue weighted by Gasteiger charge is -2.02. The molecule has 0 saturated carbocycles. The molecular weight excluding hydrogens is 300 g/mol. The van der Waals surface area contributed by atoms with Crippen LogP contribution in [0.4, 0.5) is 0 Å². The number of hydrogen-bond acceptors (Lipinski definition) is 6. The van der Waals surface area contributed by atoms with E-state index in [2.05, 4.69) is 0 Å². The zero-order valence-electron chi connectivity index (χ0n) is 11.7. The lowest BCUT2D eigenvalue weighted by molar-refractivity contribution is -0.131. The van der Waals surface area contributed by atoms with Gasteiger partial charge >= 0.3 is 5.97 Å². The number of phenolic OH excluding ortho intramolecular Hbond substituents is 3. The van der Waals surface area contributed by atoms with Gasteiger partial charge in [-0.25, -0.2) is 4.79 Å². The molecule has 0 fully saturated rings. The van der Waals surface area contributed by atoms with Gasteiger partial charge in [-0.05, 0) is 35.9 Å². The first-order valence-electron chi connectivity index (χ1n) is 6.64. The summed E-state index contributed by atoms with van der Waals surface area (Å²) in [5.41, 5.74) is 0.595. The summed E-state index contributed by atoms with van der Waals surface area (Å²) in [5.74, 6) is -1.65. The number of cyclic esters (lactones) is 1. The molecule has 4 N–H and O–H groups in total. The van der Waals surface area contributed by atoms with E-state index in [1.165, 1.54) is 30.3 Å². The summed E-state index contributed by atoms with van der Waals surface area (Å²) in [4.78, 5) is 12.0. The van der Waals surface area contributed by atoms with Crippen molar-refractivity contribution in [1.82, 2.24) is 0 Å². The minimum atomic E-state index is -0.794. The molecule has 1 heterocycles. The molecule has 0 bridgehead atoms. The summed E-state index contributed by atoms with van der Waals surface area (Å²) in [5, 5.41) is 38.5. The van der Waals surface area contributed by atoms with Gasteiger partial charge in [0.05, 0.1) is 0 Å². The molecule has 0 saturated heterocycles. The normalized spacial score (nSPS) is 16.0. The maximum Gasteiger partial charge on any atom is 0.348 e. The van der Waals surface area contributed by atoms with Gasteiger partial charge in [-0.3, -0.25) is 0 Å². The molecule has 0 amide bonds. The molecule has 1 aliphatic rings. The molecule has 1 aliphatic heterocycles. The number of rotatable bonds is 2. The van der Waals surface area contributed by atoms with E-state index in [0.29, 0.717) is 5.56 Å². The van der Waals surface area contributed by atoms with Gasteiger partial charge in [0.2, 0.25) is 0 Å². The van der Waals surface area contributed by atoms with Crippen LogP contribution in [0, 0.1) is 0 Å². The van der Waals surface area contributed by atoms with Gasteiger partial charge < -0.3 is 25.2 Å². The lowest BCUT2D eigenvalue weighted by atomic mass is 10.0. The Kier molecular flexibility index (Phi) is 3.42. The second kappa shape index (κ2) is 5.42. The second-order valence-electron chi connectivity index (χ2n) is 4.95. The highest BCUT2D eigenvalue weighted by molar-refractivity contribution is 6.21. The minimum Gasteiger partial charge on any atom is -0.508 e. The van der Waals surface area contributed by atoms with Crippen molar-refractivity contribution in [3.05, 3.63) is 65.1 Å². The Morgan fingerprint density at radius 1 is 0.826 bits per heavy atom. The topological polar surface area (TPSA) is 107 Å². The van der Waals surface area contributed by atoms with E-state index in [1.54, 1.807) is 12.1 Å². The first-order chi connectivity index (χ1) is 10.9. The molecular formula is C17H12O6. The lowest BCUT2D eigenvalue weighted by Crippen LogP contribution is -1.98. The van der Waals surface area contributed by atoms with Crippen LogP contribution in [-0.2, 0) is 9.53 Å². The molecule has 23 heavy (non-hydrogen) atoms. The van der Waals surface area contributed by atoms with Crippen molar-refractivity contribution in [3.63, 3.8) is 0 Å². The number of carbonyl (C=O) groups is 1. The SMILES string of the molecule is O=C1O/C(=C\c2ccc(O)cc2)C(O)=C1c1cc(O)cc(O)c1. The van der Waals surface area contributed by atoms with E-state index in [1.807, 2.05) is 0 Å². The predicted octanol–water partition coefficient (Wildman–Crippen LogP) is 2.67. The van der Waals surface area contributed by atoms with Crippen LogP contribution in [-0.4, -0.2) is 26.4 Å². The monoisotopic (exact) mass is 312 g/mol. The highest BCUT2D eigenvalue weighted by Crippen LogP contribution is 2.35. The van der Waals surface area contributed by atoms with Crippen molar-refractivity contribution in [2.75, 3.05) is 0 Å². The molecule has 0 aromatic heterocycles. The highest BCUT2D eigenvalue weighted by atomic mass is 16.6. The molecule has 0 radical (unpaired) electrons. The third kappa shape index (κ3) is 2.82. The van der Waals surface area contributed by atoms with E-state index in [0.717, 1.165) is 6.07 Å². The van der Waals surface area contributed by atoms with Crippen molar-refractivity contribution in [1.29, 1.82) is 0 Å². The molecule has 0 spiro atoms. The van der Waals surface area contributed by atoms with Gasteiger partial charge in [0.25, 0.3) is 0 Å². The van der Waals surface area contributed by atoms with Crippen LogP contribution in [0.25, 0.3) is 11.6 Å². The summed E-state index contributed by atoms with van der Waals surface area (Å²) in [7, 11) is 0. The number of esters is 1. The van der Waals surface area contributed by atoms with Gasteiger partial charge in [0, 0.05) is 11.6 Å². The van der Waals surface area contributed by atoms with Gasteiger partial charge in [0.15, 0.2) is 11.5 Å². The summed E-state index contributed by atoms with van der Waals surface area (Å²) < 4.78 is 5.03. The summed E-state index contributed by atoms with van der Waals surface area (Å²) >= 11 is 0. The van der Waals surface area contributed by atoms with Crippen molar-refractivity contribution < 1.29 is 30.0 Å². The van der Waals surface area contributed by atoms with Gasteiger partial charge in [-0.2, -0.15) is 0 Å². The molecule has 0 aliphatic carbocycles. The standard InChI is InChI=1S/C17H12O6/c18-11-3-1-9(2-4-11)5-14-16(21)15(17(22)23-14)10-6-12(19)8-13(20)7-10/h1-8,18-21H/b14-5-. The molecule has 3 rings (SSSR count). The molecule has 6 nitrogen and oxygen atoms in total. The highest BCUT2D eigenvalue weighted by Gasteiger charge is 2.31. The van der Waals surface area contributed by atoms with E-state index < -0.39 is 11.7 Å². The molecule has 116 valence electrons. The Bertz CT molecular complexity index is 826. The number of phenols is 3. The van der Waals surface area contributed by atoms with Crippen molar-refractivity contribution in [3.8, 4) is 17.2 Å². The Hall–Kier alpha value is -3.41. The summed E-state index contributed by atoms with van der Waals surface area (Å²) in [6.07, 6.45) is 1.43. The Labute approximate surface area is 130 Å². The van der Waals surface area contributed by atoms with Crippen LogP contribution in [0.15, 0.2) is 54.0 Å². The molecule has 0 atom stereocenters. The van der Waals surface area contributed by atoms with Crippen molar-refractivity contribution >= 4 is 17.6 Å². The number of benzene rings is 2. The Morgan fingerprint density at radius 2 is 1.43 bits per heavy atom. The third-order valence-electron chi connectivity index (χ3n) is 3.26. The van der Waals surface area contributed by atoms with Crippen LogP contribution in [0.1, 0.15) is 11.1 Å². The van der Waals surface area contributed by atoms with Crippen molar-refractivity contribution in [2.24, 2.45) is 0 Å². The van der Waals surface area contributed by atoms with E-state index in [4.69, 9.17) is 4.74 Å². The number of ether oxygens (including phenoxy) is 1. The van der Waals surface area contributed by atoms with Crippen LogP contribution < -0.4 is 0 Å². The maximum absolute atomic E-state index is 12.0. The van der Waals surface area contributed by atoms with Gasteiger partial charge in [-0.1, -0.05) is 12.1 Å². The fraction of sp³-hybridized carbons (Fsp3) is 0. The van der Waals surface area contributed by atoms with Crippen LogP contribution in [0.5, 0.6) is 17.2 Å². The van der Waals surface area contributed by atoms with E-state index in [9.17, 15) is 25.2 Å². The quantitative estimate of drug-likeness (QED) is 0.635. The Morgan fingerprint density at radius 3 is 2.04 bits per heavy atom. The van der Waals surface area contributed by atoms with Gasteiger partial charge in [0.1, 0.15) is 22.8 Å². The first-order valence-corrected chi connectivity index (χ1v) is 6.64. The zero-order valence-corrected chi connectivity index (χ0v) is 11.7. The summed E-state index contributed by atoms with van der Waals surface area (Å²) in [6, 6.07) is 9.65. The van der Waals surface area contributed by atoms with Crippen LogP contribution in [0.2, 0.25) is 0 Å². The van der Waals surface area contributed by atoms with Crippen LogP contribution in [0.3, 0.4) is 0 Å². The average molecular weight is 312 g/mol. The maximum atomic E-state index is 12.0. The fourth-order valence-corrected chi connectivity index (χ4v) is 2.23. The van der Waals surface area contributed by atoms with Crippen molar-refractivity contribution in [2.45, 2.75) is 0 Å². The molecule has 6 heteroatoms. The smallest absolute Gasteiger partial charge is 0.348 e. The largest absolute Gasteiger partial charge is 0.508 e. The minimum absolute atomic E-state index is 0.0569. The van der Waals surface area contributed by atoms with E-state index in [-0.39, 0.29) is 34.1 Å². The second-order valence-corrected chi connectivity index (χ2v) is 4.95. The predicted molar refractivity (Wildman–Crippen MR) is 81.5 cm³/mol. The molecule has 2 aromatic carbocycles. The number of hydrogen-bond donors (Lipinski definition) is 4. The van der Waals surface area contributed by atoms with Crippen LogP contribution >= 0.6 is 0 Å². The zero-order chi connectivity index (χ0) is 16.6. The summed E-state index contributed by atoms with van der Waals surface area (Å²) in [6.45, 7) is 0. The number of aliphatic hydroxyl groups is 1. The fourth-order valence-electron chi connectivity index (χ4n) is 2.23. The molecule has 0 unspecified atom stereocenters. The van der Waals surface area contributed by atoms with Gasteiger partial charge in [-0.15, -0.1) is 0 Å². The number of aliphatic hydroxyl groups excluding tert-OH is 1.